The molecule has 1 aromatic heterocycles. The van der Waals surface area contributed by atoms with Crippen LogP contribution in [-0.4, -0.2) is 17.9 Å². The van der Waals surface area contributed by atoms with Gasteiger partial charge in [0.25, 0.3) is 0 Å². The van der Waals surface area contributed by atoms with Crippen molar-refractivity contribution in [2.45, 2.75) is 31.6 Å². The smallest absolute Gasteiger partial charge is 0.237 e. The Morgan fingerprint density at radius 3 is 2.75 bits per heavy atom. The van der Waals surface area contributed by atoms with Gasteiger partial charge in [-0.05, 0) is 37.5 Å². The van der Waals surface area contributed by atoms with E-state index in [-0.39, 0.29) is 11.3 Å². The summed E-state index contributed by atoms with van der Waals surface area (Å²) in [6.45, 7) is 2.06. The van der Waals surface area contributed by atoms with E-state index in [0.29, 0.717) is 0 Å². The van der Waals surface area contributed by atoms with Crippen LogP contribution in [-0.2, 0) is 10.2 Å². The summed E-state index contributed by atoms with van der Waals surface area (Å²) in [5, 5.41) is 1.12. The molecule has 0 N–H and O–H groups in total. The van der Waals surface area contributed by atoms with E-state index in [1.807, 2.05) is 13.2 Å². The first-order chi connectivity index (χ1) is 9.54. The van der Waals surface area contributed by atoms with Crippen molar-refractivity contribution in [2.24, 2.45) is 0 Å². The number of carbonyl (C=O) groups excluding carboxylic acids is 1. The first-order valence-corrected chi connectivity index (χ1v) is 7.71. The molecule has 0 radical (unpaired) electrons. The Morgan fingerprint density at radius 1 is 1.35 bits per heavy atom. The molecular weight excluding hydrogens is 316 g/mol. The fraction of sp³-hybridized carbons (Fsp3) is 0.375. The number of halogens is 1. The van der Waals surface area contributed by atoms with E-state index < -0.39 is 0 Å². The fourth-order valence-corrected chi connectivity index (χ4v) is 3.94. The highest BCUT2D eigenvalue weighted by Gasteiger charge is 2.54. The Hall–Kier alpha value is -1.42. The number of benzene rings is 1. The van der Waals surface area contributed by atoms with Crippen LogP contribution in [0.25, 0.3) is 10.9 Å². The molecule has 0 saturated heterocycles. The third-order valence-electron chi connectivity index (χ3n) is 4.89. The zero-order valence-corrected chi connectivity index (χ0v) is 13.1. The maximum absolute atomic E-state index is 12.6. The van der Waals surface area contributed by atoms with E-state index >= 15 is 0 Å². The second-order valence-electron chi connectivity index (χ2n) is 5.94. The number of likely N-dealkylation sites (N-methyl/N-ethyl adjacent to an activating group) is 1. The van der Waals surface area contributed by atoms with Crippen LogP contribution < -0.4 is 4.90 Å². The van der Waals surface area contributed by atoms with Crippen LogP contribution in [0.1, 0.15) is 30.4 Å². The number of anilines is 1. The molecule has 102 valence electrons. The van der Waals surface area contributed by atoms with Crippen LogP contribution in [0.15, 0.2) is 22.8 Å². The number of hydrogen-bond donors (Lipinski definition) is 0. The van der Waals surface area contributed by atoms with Gasteiger partial charge in [-0.1, -0.05) is 22.4 Å². The Morgan fingerprint density at radius 2 is 2.10 bits per heavy atom. The monoisotopic (exact) mass is 330 g/mol. The third-order valence-corrected chi connectivity index (χ3v) is 5.74. The van der Waals surface area contributed by atoms with Gasteiger partial charge < -0.3 is 4.90 Å². The summed E-state index contributed by atoms with van der Waals surface area (Å²) in [4.78, 5) is 19.0. The summed E-state index contributed by atoms with van der Waals surface area (Å²) in [7, 11) is 1.87. The molecular formula is C16H15BrN2O. The van der Waals surface area contributed by atoms with Gasteiger partial charge in [-0.25, -0.2) is 0 Å². The zero-order valence-electron chi connectivity index (χ0n) is 11.5. The van der Waals surface area contributed by atoms with Gasteiger partial charge in [0.1, 0.15) is 0 Å². The van der Waals surface area contributed by atoms with Gasteiger partial charge in [0.15, 0.2) is 0 Å². The second kappa shape index (κ2) is 3.82. The molecule has 4 heteroatoms. The summed E-state index contributed by atoms with van der Waals surface area (Å²) < 4.78 is 1.08. The maximum atomic E-state index is 12.6. The van der Waals surface area contributed by atoms with E-state index in [9.17, 15) is 4.79 Å². The van der Waals surface area contributed by atoms with Gasteiger partial charge in [-0.2, -0.15) is 0 Å². The molecule has 4 rings (SSSR count). The van der Waals surface area contributed by atoms with E-state index in [4.69, 9.17) is 0 Å². The minimum absolute atomic E-state index is 0.241. The van der Waals surface area contributed by atoms with Crippen molar-refractivity contribution in [3.63, 3.8) is 0 Å². The molecule has 0 atom stereocenters. The Bertz CT molecular complexity index is 765. The van der Waals surface area contributed by atoms with Gasteiger partial charge in [0, 0.05) is 22.5 Å². The molecule has 0 unspecified atom stereocenters. The van der Waals surface area contributed by atoms with E-state index in [1.165, 1.54) is 11.1 Å². The molecule has 2 aliphatic rings. The lowest BCUT2D eigenvalue weighted by Crippen LogP contribution is -2.43. The molecule has 1 spiro atoms. The number of aromatic nitrogens is 1. The van der Waals surface area contributed by atoms with Gasteiger partial charge in [0.2, 0.25) is 5.91 Å². The Balaban J connectivity index is 2.12. The van der Waals surface area contributed by atoms with Crippen LogP contribution in [0.2, 0.25) is 0 Å². The van der Waals surface area contributed by atoms with Gasteiger partial charge in [-0.3, -0.25) is 9.78 Å². The number of carbonyl (C=O) groups is 1. The molecule has 1 aliphatic heterocycles. The number of nitrogens with zero attached hydrogens (tertiary/aromatic N) is 2. The number of aryl methyl sites for hydroxylation is 1. The van der Waals surface area contributed by atoms with Crippen LogP contribution >= 0.6 is 15.9 Å². The largest absolute Gasteiger partial charge is 0.313 e. The van der Waals surface area contributed by atoms with Crippen molar-refractivity contribution in [1.82, 2.24) is 4.98 Å². The highest BCUT2D eigenvalue weighted by atomic mass is 79.9. The second-order valence-corrected chi connectivity index (χ2v) is 6.79. The van der Waals surface area contributed by atoms with Crippen molar-refractivity contribution in [2.75, 3.05) is 11.9 Å². The van der Waals surface area contributed by atoms with Crippen molar-refractivity contribution >= 4 is 38.4 Å². The minimum Gasteiger partial charge on any atom is -0.313 e. The molecule has 2 aromatic rings. The van der Waals surface area contributed by atoms with Gasteiger partial charge in [0.05, 0.1) is 22.8 Å². The minimum atomic E-state index is -0.278. The SMILES string of the molecule is Cc1cc2ncc3c(c2cc1Br)C1(CCC1)C(=O)N3C. The highest BCUT2D eigenvalue weighted by molar-refractivity contribution is 9.10. The molecule has 20 heavy (non-hydrogen) atoms. The summed E-state index contributed by atoms with van der Waals surface area (Å²) >= 11 is 3.61. The molecule has 1 saturated carbocycles. The predicted molar refractivity (Wildman–Crippen MR) is 83.1 cm³/mol. The Labute approximate surface area is 126 Å². The topological polar surface area (TPSA) is 33.2 Å². The van der Waals surface area contributed by atoms with Crippen LogP contribution in [0.3, 0.4) is 0 Å². The van der Waals surface area contributed by atoms with Gasteiger partial charge in [-0.15, -0.1) is 0 Å². The molecule has 0 bridgehead atoms. The van der Waals surface area contributed by atoms with Crippen molar-refractivity contribution in [3.05, 3.63) is 33.9 Å². The average Bonchev–Trinajstić information content (AvgIpc) is 2.61. The number of fused-ring (bicyclic) bond motifs is 4. The van der Waals surface area contributed by atoms with Crippen molar-refractivity contribution < 1.29 is 4.79 Å². The van der Waals surface area contributed by atoms with Crippen LogP contribution in [0.5, 0.6) is 0 Å². The highest BCUT2D eigenvalue weighted by Crippen LogP contribution is 2.55. The zero-order chi connectivity index (χ0) is 14.1. The first-order valence-electron chi connectivity index (χ1n) is 6.92. The molecule has 1 amide bonds. The summed E-state index contributed by atoms with van der Waals surface area (Å²) in [5.41, 5.74) is 4.06. The van der Waals surface area contributed by atoms with E-state index in [0.717, 1.165) is 40.3 Å². The average molecular weight is 331 g/mol. The lowest BCUT2D eigenvalue weighted by atomic mass is 9.64. The van der Waals surface area contributed by atoms with E-state index in [2.05, 4.69) is 40.0 Å². The first kappa shape index (κ1) is 12.3. The summed E-state index contributed by atoms with van der Waals surface area (Å²) in [6, 6.07) is 4.22. The lowest BCUT2D eigenvalue weighted by Gasteiger charge is -2.37. The van der Waals surface area contributed by atoms with Crippen LogP contribution in [0, 0.1) is 6.92 Å². The summed E-state index contributed by atoms with van der Waals surface area (Å²) in [6.07, 6.45) is 4.92. The number of hydrogen-bond acceptors (Lipinski definition) is 2. The standard InChI is InChI=1S/C16H15BrN2O/c1-9-6-12-10(7-11(9)17)14-13(8-18-12)19(2)15(20)16(14)4-3-5-16/h6-8H,3-5H2,1-2H3. The van der Waals surface area contributed by atoms with Crippen molar-refractivity contribution in [1.29, 1.82) is 0 Å². The predicted octanol–water partition coefficient (Wildman–Crippen LogP) is 3.70. The lowest BCUT2D eigenvalue weighted by molar-refractivity contribution is -0.125. The van der Waals surface area contributed by atoms with E-state index in [1.54, 1.807) is 4.90 Å². The normalized spacial score (nSPS) is 19.6. The number of pyridine rings is 1. The summed E-state index contributed by atoms with van der Waals surface area (Å²) in [5.74, 6) is 0.241. The quantitative estimate of drug-likeness (QED) is 0.737. The molecule has 3 nitrogen and oxygen atoms in total. The number of amides is 1. The Kier molecular flexibility index (Phi) is 2.35. The molecule has 2 heterocycles. The third kappa shape index (κ3) is 1.30. The van der Waals surface area contributed by atoms with Crippen LogP contribution in [0.4, 0.5) is 5.69 Å². The maximum Gasteiger partial charge on any atom is 0.237 e. The number of rotatable bonds is 0. The van der Waals surface area contributed by atoms with Gasteiger partial charge >= 0.3 is 0 Å². The molecule has 1 aromatic carbocycles. The van der Waals surface area contributed by atoms with Crippen molar-refractivity contribution in [3.8, 4) is 0 Å². The molecule has 1 fully saturated rings. The molecule has 1 aliphatic carbocycles. The fourth-order valence-electron chi connectivity index (χ4n) is 3.60.